The summed E-state index contributed by atoms with van der Waals surface area (Å²) in [6.07, 6.45) is 1.09. The number of aromatic nitrogens is 1. The molecule has 7 nitrogen and oxygen atoms in total. The molecule has 1 aliphatic rings. The van der Waals surface area contributed by atoms with Crippen LogP contribution in [0, 0.1) is 0 Å². The molecule has 1 aromatic carbocycles. The van der Waals surface area contributed by atoms with E-state index in [-0.39, 0.29) is 41.5 Å². The van der Waals surface area contributed by atoms with Gasteiger partial charge in [0.05, 0.1) is 18.4 Å². The Morgan fingerprint density at radius 3 is 2.33 bits per heavy atom. The van der Waals surface area contributed by atoms with Gasteiger partial charge < -0.3 is 5.73 Å². The maximum Gasteiger partial charge on any atom is 0.264 e. The maximum atomic E-state index is 12.6. The van der Waals surface area contributed by atoms with Gasteiger partial charge in [0.2, 0.25) is 0 Å². The van der Waals surface area contributed by atoms with Crippen LogP contribution in [0.25, 0.3) is 0 Å². The van der Waals surface area contributed by atoms with Crippen LogP contribution in [0.3, 0.4) is 0 Å². The van der Waals surface area contributed by atoms with Crippen LogP contribution >= 0.6 is 0 Å². The van der Waals surface area contributed by atoms with Crippen LogP contribution in [-0.2, 0) is 20.7 Å². The van der Waals surface area contributed by atoms with Crippen molar-refractivity contribution in [3.63, 3.8) is 0 Å². The second-order valence-electron chi connectivity index (χ2n) is 5.40. The molecule has 2 N–H and O–H groups in total. The van der Waals surface area contributed by atoms with Crippen molar-refractivity contribution in [2.75, 3.05) is 18.6 Å². The van der Waals surface area contributed by atoms with Gasteiger partial charge in [-0.2, -0.15) is 8.42 Å². The smallest absolute Gasteiger partial charge is 0.264 e. The van der Waals surface area contributed by atoms with Gasteiger partial charge in [0.15, 0.2) is 11.6 Å². The fraction of sp³-hybridized carbons (Fsp3) is 0.188. The van der Waals surface area contributed by atoms with Crippen LogP contribution in [-0.4, -0.2) is 37.8 Å². The van der Waals surface area contributed by atoms with Gasteiger partial charge in [0, 0.05) is 28.8 Å². The first-order chi connectivity index (χ1) is 11.3. The van der Waals surface area contributed by atoms with E-state index in [9.17, 15) is 18.0 Å². The number of fused-ring (bicyclic) bond motifs is 2. The minimum absolute atomic E-state index is 0.0466. The van der Waals surface area contributed by atoms with E-state index in [0.717, 1.165) is 6.26 Å². The van der Waals surface area contributed by atoms with Crippen molar-refractivity contribution in [3.8, 4) is 0 Å². The monoisotopic (exact) mass is 346 g/mol. The predicted octanol–water partition coefficient (Wildman–Crippen LogP) is 0.958. The molecule has 24 heavy (non-hydrogen) atoms. The van der Waals surface area contributed by atoms with E-state index in [1.807, 2.05) is 0 Å². The topological polar surface area (TPSA) is 116 Å². The Kier molecular flexibility index (Phi) is 3.94. The van der Waals surface area contributed by atoms with Crippen LogP contribution in [0.15, 0.2) is 30.3 Å². The zero-order valence-corrected chi connectivity index (χ0v) is 13.6. The summed E-state index contributed by atoms with van der Waals surface area (Å²) in [6.45, 7) is -0.122. The van der Waals surface area contributed by atoms with Crippen molar-refractivity contribution in [3.05, 3.63) is 58.3 Å². The second-order valence-corrected chi connectivity index (χ2v) is 7.05. The molecule has 0 aliphatic heterocycles. The molecule has 0 amide bonds. The quantitative estimate of drug-likeness (QED) is 0.699. The fourth-order valence-corrected chi connectivity index (χ4v) is 3.01. The van der Waals surface area contributed by atoms with Crippen molar-refractivity contribution < 1.29 is 22.2 Å². The van der Waals surface area contributed by atoms with E-state index in [1.165, 1.54) is 6.07 Å². The van der Waals surface area contributed by atoms with Crippen LogP contribution in [0.5, 0.6) is 0 Å². The third-order valence-electron chi connectivity index (χ3n) is 3.64. The molecule has 1 aliphatic carbocycles. The van der Waals surface area contributed by atoms with Crippen LogP contribution in [0.4, 0.5) is 5.82 Å². The Morgan fingerprint density at radius 2 is 1.71 bits per heavy atom. The Balaban J connectivity index is 1.99. The highest BCUT2D eigenvalue weighted by atomic mass is 32.2. The third kappa shape index (κ3) is 2.93. The number of hydrogen-bond acceptors (Lipinski definition) is 7. The molecular formula is C16H14N2O5S. The summed E-state index contributed by atoms with van der Waals surface area (Å²) in [5, 5.41) is 0. The van der Waals surface area contributed by atoms with E-state index >= 15 is 0 Å². The van der Waals surface area contributed by atoms with E-state index < -0.39 is 10.1 Å². The molecule has 8 heteroatoms. The van der Waals surface area contributed by atoms with E-state index in [1.54, 1.807) is 24.3 Å². The zero-order chi connectivity index (χ0) is 17.5. The van der Waals surface area contributed by atoms with E-state index in [0.29, 0.717) is 16.8 Å². The molecule has 0 unspecified atom stereocenters. The molecule has 0 saturated heterocycles. The number of nitrogens with two attached hydrogens (primary N) is 1. The Hall–Kier alpha value is -2.58. The number of rotatable bonds is 4. The molecule has 0 atom stereocenters. The fourth-order valence-electron chi connectivity index (χ4n) is 2.62. The molecular weight excluding hydrogens is 332 g/mol. The van der Waals surface area contributed by atoms with Gasteiger partial charge in [-0.3, -0.25) is 13.8 Å². The highest BCUT2D eigenvalue weighted by molar-refractivity contribution is 7.85. The van der Waals surface area contributed by atoms with Crippen LogP contribution in [0.1, 0.15) is 37.5 Å². The largest absolute Gasteiger partial charge is 0.383 e. The third-order valence-corrected chi connectivity index (χ3v) is 4.24. The summed E-state index contributed by atoms with van der Waals surface area (Å²) >= 11 is 0. The van der Waals surface area contributed by atoms with Crippen LogP contribution < -0.4 is 5.73 Å². The van der Waals surface area contributed by atoms with E-state index in [2.05, 4.69) is 9.17 Å². The number of nitrogens with zero attached hydrogens (tertiary/aromatic N) is 1. The van der Waals surface area contributed by atoms with Gasteiger partial charge in [0.1, 0.15) is 5.82 Å². The van der Waals surface area contributed by atoms with Gasteiger partial charge in [-0.15, -0.1) is 0 Å². The molecule has 3 rings (SSSR count). The number of carbonyl (C=O) groups excluding carboxylic acids is 2. The lowest BCUT2D eigenvalue weighted by atomic mass is 9.84. The standard InChI is InChI=1S/C16H14N2O5S/c1-24(21,22)23-7-6-9-8-12-13(16(17)18-9)15(20)11-5-3-2-4-10(11)14(12)19/h2-5,8H,6-7H2,1H3,(H2,17,18). The van der Waals surface area contributed by atoms with Crippen molar-refractivity contribution in [1.29, 1.82) is 0 Å². The van der Waals surface area contributed by atoms with Gasteiger partial charge in [0.25, 0.3) is 10.1 Å². The molecule has 1 aromatic heterocycles. The average molecular weight is 346 g/mol. The van der Waals surface area contributed by atoms with Crippen molar-refractivity contribution in [2.45, 2.75) is 6.42 Å². The lowest BCUT2D eigenvalue weighted by molar-refractivity contribution is 0.0979. The molecule has 124 valence electrons. The van der Waals surface area contributed by atoms with E-state index in [4.69, 9.17) is 5.73 Å². The summed E-state index contributed by atoms with van der Waals surface area (Å²) in [4.78, 5) is 29.3. The highest BCUT2D eigenvalue weighted by Crippen LogP contribution is 2.30. The summed E-state index contributed by atoms with van der Waals surface area (Å²) in [5.74, 6) is -0.696. The number of hydrogen-bond donors (Lipinski definition) is 1. The Labute approximate surface area is 138 Å². The molecule has 0 bridgehead atoms. The highest BCUT2D eigenvalue weighted by Gasteiger charge is 2.32. The normalized spacial score (nSPS) is 13.5. The predicted molar refractivity (Wildman–Crippen MR) is 86.5 cm³/mol. The number of pyridine rings is 1. The summed E-state index contributed by atoms with van der Waals surface area (Å²) in [7, 11) is -3.56. The lowest BCUT2D eigenvalue weighted by Crippen LogP contribution is -2.23. The minimum atomic E-state index is -3.56. The van der Waals surface area contributed by atoms with Crippen molar-refractivity contribution in [2.24, 2.45) is 0 Å². The number of anilines is 1. The molecule has 0 radical (unpaired) electrons. The summed E-state index contributed by atoms with van der Waals surface area (Å²) in [6, 6.07) is 7.98. The zero-order valence-electron chi connectivity index (χ0n) is 12.8. The first-order valence-corrected chi connectivity index (χ1v) is 8.92. The average Bonchev–Trinajstić information content (AvgIpc) is 2.51. The first kappa shape index (κ1) is 16.3. The first-order valence-electron chi connectivity index (χ1n) is 7.10. The molecule has 1 heterocycles. The SMILES string of the molecule is CS(=O)(=O)OCCc1cc2c(c(N)n1)C(=O)c1ccccc1C2=O. The summed E-state index contributed by atoms with van der Waals surface area (Å²) < 4.78 is 26.6. The molecule has 0 spiro atoms. The maximum absolute atomic E-state index is 12.6. The summed E-state index contributed by atoms with van der Waals surface area (Å²) in [5.41, 5.74) is 7.14. The van der Waals surface area contributed by atoms with Crippen molar-refractivity contribution >= 4 is 27.5 Å². The number of ketones is 2. The van der Waals surface area contributed by atoms with Crippen molar-refractivity contribution in [1.82, 2.24) is 4.98 Å². The second kappa shape index (κ2) is 5.81. The number of carbonyl (C=O) groups is 2. The number of benzene rings is 1. The lowest BCUT2D eigenvalue weighted by Gasteiger charge is -2.19. The molecule has 2 aromatic rings. The van der Waals surface area contributed by atoms with Gasteiger partial charge >= 0.3 is 0 Å². The van der Waals surface area contributed by atoms with Crippen LogP contribution in [0.2, 0.25) is 0 Å². The Morgan fingerprint density at radius 1 is 1.08 bits per heavy atom. The van der Waals surface area contributed by atoms with Gasteiger partial charge in [-0.25, -0.2) is 4.98 Å². The minimum Gasteiger partial charge on any atom is -0.383 e. The van der Waals surface area contributed by atoms with Gasteiger partial charge in [-0.05, 0) is 6.07 Å². The van der Waals surface area contributed by atoms with Gasteiger partial charge in [-0.1, -0.05) is 24.3 Å². The molecule has 0 saturated carbocycles. The molecule has 0 fully saturated rings. The number of nitrogen functional groups attached to an aromatic ring is 1. The Bertz CT molecular complexity index is 966.